The second-order valence-electron chi connectivity index (χ2n) is 10.5. The minimum absolute atomic E-state index is 0.0449. The maximum atomic E-state index is 13.7. The zero-order valence-corrected chi connectivity index (χ0v) is 24.0. The van der Waals surface area contributed by atoms with Gasteiger partial charge in [-0.3, -0.25) is 19.2 Å². The van der Waals surface area contributed by atoms with Crippen LogP contribution < -0.4 is 26.8 Å². The van der Waals surface area contributed by atoms with Crippen LogP contribution in [-0.4, -0.2) is 42.3 Å². The van der Waals surface area contributed by atoms with Gasteiger partial charge < -0.3 is 26.8 Å². The lowest BCUT2D eigenvalue weighted by Gasteiger charge is -2.22. The fourth-order valence-corrected chi connectivity index (χ4v) is 4.28. The Hall–Kier alpha value is -4.80. The number of alkyl halides is 2. The smallest absolute Gasteiger partial charge is 0.270 e. The SMILES string of the molecule is C[C@@H](Cc1ccc(OCC(=O)N[C@H](Cc2ccc(C(C)(F)F)cc2)C(=O)N[C@@H](Cc2ccccc2)C(N)=O)cc1)C(N)=O. The maximum absolute atomic E-state index is 13.7. The Morgan fingerprint density at radius 2 is 1.28 bits per heavy atom. The molecule has 0 heterocycles. The van der Waals surface area contributed by atoms with Gasteiger partial charge in [0.15, 0.2) is 6.61 Å². The van der Waals surface area contributed by atoms with Crippen LogP contribution in [0.4, 0.5) is 8.78 Å². The van der Waals surface area contributed by atoms with Crippen LogP contribution in [0.2, 0.25) is 0 Å². The summed E-state index contributed by atoms with van der Waals surface area (Å²) in [4.78, 5) is 49.6. The third-order valence-electron chi connectivity index (χ3n) is 6.82. The number of nitrogens with two attached hydrogens (primary N) is 2. The number of amides is 4. The zero-order valence-electron chi connectivity index (χ0n) is 24.0. The predicted octanol–water partition coefficient (Wildman–Crippen LogP) is 2.78. The summed E-state index contributed by atoms with van der Waals surface area (Å²) in [5.74, 6) is -5.44. The molecule has 0 spiro atoms. The minimum atomic E-state index is -3.04. The fraction of sp³-hybridized carbons (Fsp3) is 0.312. The Morgan fingerprint density at radius 3 is 1.84 bits per heavy atom. The highest BCUT2D eigenvalue weighted by atomic mass is 19.3. The molecule has 9 nitrogen and oxygen atoms in total. The van der Waals surface area contributed by atoms with Crippen LogP contribution in [0.5, 0.6) is 5.75 Å². The molecule has 0 aliphatic carbocycles. The van der Waals surface area contributed by atoms with Crippen molar-refractivity contribution in [2.24, 2.45) is 17.4 Å². The van der Waals surface area contributed by atoms with Gasteiger partial charge in [0.1, 0.15) is 17.8 Å². The van der Waals surface area contributed by atoms with Crippen molar-refractivity contribution in [2.45, 2.75) is 51.1 Å². The molecule has 3 atom stereocenters. The van der Waals surface area contributed by atoms with E-state index >= 15 is 0 Å². The van der Waals surface area contributed by atoms with Crippen LogP contribution in [0.3, 0.4) is 0 Å². The summed E-state index contributed by atoms with van der Waals surface area (Å²) in [5.41, 5.74) is 12.8. The van der Waals surface area contributed by atoms with Crippen LogP contribution in [0, 0.1) is 5.92 Å². The molecule has 0 saturated heterocycles. The summed E-state index contributed by atoms with van der Waals surface area (Å²) in [5, 5.41) is 5.22. The van der Waals surface area contributed by atoms with E-state index in [0.29, 0.717) is 17.7 Å². The fourth-order valence-electron chi connectivity index (χ4n) is 4.28. The van der Waals surface area contributed by atoms with Crippen molar-refractivity contribution in [3.63, 3.8) is 0 Å². The summed E-state index contributed by atoms with van der Waals surface area (Å²) < 4.78 is 32.9. The molecule has 228 valence electrons. The molecular weight excluding hydrogens is 558 g/mol. The number of carbonyl (C=O) groups is 4. The molecular formula is C32H36F2N4O5. The first-order chi connectivity index (χ1) is 20.3. The van der Waals surface area contributed by atoms with Gasteiger partial charge in [-0.25, -0.2) is 8.78 Å². The lowest BCUT2D eigenvalue weighted by atomic mass is 10.0. The number of benzene rings is 3. The van der Waals surface area contributed by atoms with Crippen molar-refractivity contribution in [2.75, 3.05) is 6.61 Å². The van der Waals surface area contributed by atoms with Gasteiger partial charge in [-0.05, 0) is 35.2 Å². The number of hydrogen-bond acceptors (Lipinski definition) is 5. The van der Waals surface area contributed by atoms with Gasteiger partial charge in [0.25, 0.3) is 11.8 Å². The van der Waals surface area contributed by atoms with Gasteiger partial charge in [-0.2, -0.15) is 0 Å². The second-order valence-corrected chi connectivity index (χ2v) is 10.5. The largest absolute Gasteiger partial charge is 0.484 e. The lowest BCUT2D eigenvalue weighted by Crippen LogP contribution is -2.54. The van der Waals surface area contributed by atoms with E-state index in [0.717, 1.165) is 18.1 Å². The van der Waals surface area contributed by atoms with Crippen molar-refractivity contribution in [1.82, 2.24) is 10.6 Å². The number of hydrogen-bond donors (Lipinski definition) is 4. The molecule has 43 heavy (non-hydrogen) atoms. The van der Waals surface area contributed by atoms with Crippen LogP contribution in [0.1, 0.15) is 36.1 Å². The van der Waals surface area contributed by atoms with Crippen LogP contribution in [0.15, 0.2) is 78.9 Å². The number of rotatable bonds is 15. The molecule has 11 heteroatoms. The topological polar surface area (TPSA) is 154 Å². The molecule has 0 radical (unpaired) electrons. The number of ether oxygens (including phenoxy) is 1. The molecule has 3 aromatic rings. The minimum Gasteiger partial charge on any atom is -0.484 e. The van der Waals surface area contributed by atoms with Crippen molar-refractivity contribution in [3.05, 3.63) is 101 Å². The van der Waals surface area contributed by atoms with Crippen molar-refractivity contribution in [1.29, 1.82) is 0 Å². The highest BCUT2D eigenvalue weighted by Crippen LogP contribution is 2.27. The lowest BCUT2D eigenvalue weighted by molar-refractivity contribution is -0.132. The van der Waals surface area contributed by atoms with Gasteiger partial charge in [0.2, 0.25) is 17.7 Å². The van der Waals surface area contributed by atoms with Crippen molar-refractivity contribution >= 4 is 23.6 Å². The van der Waals surface area contributed by atoms with Crippen LogP contribution in [0.25, 0.3) is 0 Å². The molecule has 0 unspecified atom stereocenters. The van der Waals surface area contributed by atoms with Gasteiger partial charge in [-0.15, -0.1) is 0 Å². The van der Waals surface area contributed by atoms with Gasteiger partial charge >= 0.3 is 0 Å². The Bertz CT molecular complexity index is 1390. The zero-order chi connectivity index (χ0) is 31.6. The quantitative estimate of drug-likeness (QED) is 0.213. The first kappa shape index (κ1) is 32.7. The van der Waals surface area contributed by atoms with E-state index in [1.807, 2.05) is 6.07 Å². The highest BCUT2D eigenvalue weighted by molar-refractivity contribution is 5.92. The summed E-state index contributed by atoms with van der Waals surface area (Å²) in [7, 11) is 0. The molecule has 6 N–H and O–H groups in total. The number of nitrogens with one attached hydrogen (secondary N) is 2. The van der Waals surface area contributed by atoms with E-state index in [-0.39, 0.29) is 24.3 Å². The molecule has 0 aromatic heterocycles. The van der Waals surface area contributed by atoms with Gasteiger partial charge in [0.05, 0.1) is 0 Å². The monoisotopic (exact) mass is 594 g/mol. The van der Waals surface area contributed by atoms with Crippen LogP contribution in [-0.2, 0) is 44.4 Å². The standard InChI is InChI=1S/C32H36F2N4O5/c1-20(29(35)40)16-22-10-14-25(15-11-22)43-19-28(39)37-27(18-23-8-12-24(13-9-23)32(2,33)34)31(42)38-26(30(36)41)17-21-6-4-3-5-7-21/h3-15,20,26-27H,16-19H2,1-2H3,(H2,35,40)(H2,36,41)(H,37,39)(H,38,42)/t20-,26-,27+/m0/s1. The number of halogens is 2. The molecule has 0 saturated carbocycles. The highest BCUT2D eigenvalue weighted by Gasteiger charge is 2.28. The van der Waals surface area contributed by atoms with E-state index in [4.69, 9.17) is 16.2 Å². The van der Waals surface area contributed by atoms with Crippen LogP contribution >= 0.6 is 0 Å². The normalized spacial score (nSPS) is 13.3. The average molecular weight is 595 g/mol. The number of primary amides is 2. The van der Waals surface area contributed by atoms with E-state index in [9.17, 15) is 28.0 Å². The summed E-state index contributed by atoms with van der Waals surface area (Å²) in [6, 6.07) is 18.9. The van der Waals surface area contributed by atoms with Gasteiger partial charge in [0, 0.05) is 31.2 Å². The Morgan fingerprint density at radius 1 is 0.744 bits per heavy atom. The van der Waals surface area contributed by atoms with E-state index in [2.05, 4.69) is 10.6 Å². The third-order valence-corrected chi connectivity index (χ3v) is 6.82. The molecule has 0 bridgehead atoms. The Balaban J connectivity index is 1.70. The molecule has 4 amide bonds. The average Bonchev–Trinajstić information content (AvgIpc) is 2.96. The maximum Gasteiger partial charge on any atom is 0.270 e. The van der Waals surface area contributed by atoms with Crippen molar-refractivity contribution < 1.29 is 32.7 Å². The van der Waals surface area contributed by atoms with E-state index < -0.39 is 48.2 Å². The first-order valence-corrected chi connectivity index (χ1v) is 13.7. The predicted molar refractivity (Wildman–Crippen MR) is 157 cm³/mol. The number of carbonyl (C=O) groups excluding carboxylic acids is 4. The third kappa shape index (κ3) is 10.5. The molecule has 0 aliphatic heterocycles. The second kappa shape index (κ2) is 14.9. The molecule has 0 aliphatic rings. The molecule has 3 aromatic carbocycles. The van der Waals surface area contributed by atoms with Crippen molar-refractivity contribution in [3.8, 4) is 5.75 Å². The molecule has 3 rings (SSSR count). The van der Waals surface area contributed by atoms with Gasteiger partial charge in [-0.1, -0.05) is 73.7 Å². The Labute approximate surface area is 249 Å². The summed E-state index contributed by atoms with van der Waals surface area (Å²) in [6.45, 7) is 2.08. The summed E-state index contributed by atoms with van der Waals surface area (Å²) in [6.07, 6.45) is 0.553. The first-order valence-electron chi connectivity index (χ1n) is 13.7. The molecule has 0 fully saturated rings. The summed E-state index contributed by atoms with van der Waals surface area (Å²) >= 11 is 0. The van der Waals surface area contributed by atoms with E-state index in [1.54, 1.807) is 55.5 Å². The Kier molecular flexibility index (Phi) is 11.3. The van der Waals surface area contributed by atoms with E-state index in [1.165, 1.54) is 24.3 Å².